The van der Waals surface area contributed by atoms with E-state index in [0.29, 0.717) is 37.9 Å². The van der Waals surface area contributed by atoms with Gasteiger partial charge in [-0.05, 0) is 56.8 Å². The fourth-order valence-electron chi connectivity index (χ4n) is 3.44. The molecule has 0 heterocycles. The average molecular weight is 415 g/mol. The van der Waals surface area contributed by atoms with E-state index in [4.69, 9.17) is 18.9 Å². The zero-order chi connectivity index (χ0) is 21.5. The topological polar surface area (TPSA) is 71.1 Å². The van der Waals surface area contributed by atoms with Crippen LogP contribution in [0.2, 0.25) is 0 Å². The highest BCUT2D eigenvalue weighted by Gasteiger charge is 2.32. The molecular weight excluding hydrogens is 372 g/mol. The van der Waals surface area contributed by atoms with Crippen molar-refractivity contribution in [2.24, 2.45) is 11.8 Å². The molecule has 1 rings (SSSR count). The third-order valence-electron chi connectivity index (χ3n) is 5.18. The van der Waals surface area contributed by atoms with Crippen LogP contribution in [0.4, 0.5) is 9.59 Å². The first kappa shape index (κ1) is 25.6. The van der Waals surface area contributed by atoms with Crippen molar-refractivity contribution in [3.8, 4) is 0 Å². The Morgan fingerprint density at radius 3 is 1.55 bits per heavy atom. The van der Waals surface area contributed by atoms with Crippen LogP contribution in [0, 0.1) is 11.8 Å². The Labute approximate surface area is 177 Å². The van der Waals surface area contributed by atoms with E-state index in [1.165, 1.54) is 6.42 Å². The lowest BCUT2D eigenvalue weighted by Crippen LogP contribution is -2.38. The van der Waals surface area contributed by atoms with Gasteiger partial charge in [0.1, 0.15) is 12.2 Å². The summed E-state index contributed by atoms with van der Waals surface area (Å²) in [5.41, 5.74) is 0. The monoisotopic (exact) mass is 414 g/mol. The molecule has 1 fully saturated rings. The number of rotatable bonds is 13. The van der Waals surface area contributed by atoms with Crippen molar-refractivity contribution in [2.75, 3.05) is 13.2 Å². The fraction of sp³-hybridized carbons (Fsp3) is 0.913. The molecule has 0 aromatic heterocycles. The zero-order valence-electron chi connectivity index (χ0n) is 19.0. The van der Waals surface area contributed by atoms with Gasteiger partial charge >= 0.3 is 12.3 Å². The molecule has 1 aliphatic carbocycles. The minimum Gasteiger partial charge on any atom is -0.434 e. The molecule has 1 aliphatic rings. The number of carbonyl (C=O) groups is 2. The largest absolute Gasteiger partial charge is 0.508 e. The van der Waals surface area contributed by atoms with Crippen LogP contribution in [0.15, 0.2) is 0 Å². The summed E-state index contributed by atoms with van der Waals surface area (Å²) in [5, 5.41) is 0. The summed E-state index contributed by atoms with van der Waals surface area (Å²) < 4.78 is 21.2. The SMILES string of the molecule is CC(C)CCCCCOC(=O)OC1CCCCC1OC(=O)OCCCCC(C)C. The third kappa shape index (κ3) is 13.4. The number of carbonyl (C=O) groups excluding carboxylic acids is 2. The molecule has 0 aromatic rings. The first-order chi connectivity index (χ1) is 13.9. The van der Waals surface area contributed by atoms with Crippen LogP contribution in [-0.2, 0) is 18.9 Å². The molecule has 0 saturated heterocycles. The Morgan fingerprint density at radius 2 is 1.10 bits per heavy atom. The Hall–Kier alpha value is -1.46. The second-order valence-corrected chi connectivity index (χ2v) is 8.93. The molecule has 0 radical (unpaired) electrons. The lowest BCUT2D eigenvalue weighted by molar-refractivity contribution is -0.0713. The highest BCUT2D eigenvalue weighted by molar-refractivity contribution is 5.61. The molecule has 0 N–H and O–H groups in total. The first-order valence-corrected chi connectivity index (χ1v) is 11.5. The molecular formula is C23H42O6. The zero-order valence-corrected chi connectivity index (χ0v) is 19.0. The number of hydrogen-bond acceptors (Lipinski definition) is 6. The van der Waals surface area contributed by atoms with Crippen LogP contribution in [0.25, 0.3) is 0 Å². The van der Waals surface area contributed by atoms with E-state index in [9.17, 15) is 9.59 Å². The number of ether oxygens (including phenoxy) is 4. The van der Waals surface area contributed by atoms with Gasteiger partial charge in [-0.3, -0.25) is 0 Å². The molecule has 0 aliphatic heterocycles. The molecule has 6 nitrogen and oxygen atoms in total. The number of hydrogen-bond donors (Lipinski definition) is 0. The van der Waals surface area contributed by atoms with E-state index in [-0.39, 0.29) is 0 Å². The van der Waals surface area contributed by atoms with Crippen LogP contribution in [0.1, 0.15) is 98.3 Å². The molecule has 6 heteroatoms. The van der Waals surface area contributed by atoms with Gasteiger partial charge in [0.15, 0.2) is 0 Å². The van der Waals surface area contributed by atoms with E-state index >= 15 is 0 Å². The van der Waals surface area contributed by atoms with Crippen molar-refractivity contribution in [2.45, 2.75) is 111 Å². The lowest BCUT2D eigenvalue weighted by atomic mass is 9.95. The van der Waals surface area contributed by atoms with E-state index in [0.717, 1.165) is 51.4 Å². The molecule has 2 unspecified atom stereocenters. The number of unbranched alkanes of at least 4 members (excludes halogenated alkanes) is 3. The highest BCUT2D eigenvalue weighted by Crippen LogP contribution is 2.25. The maximum absolute atomic E-state index is 12.0. The van der Waals surface area contributed by atoms with Crippen molar-refractivity contribution in [3.05, 3.63) is 0 Å². The molecule has 2 atom stereocenters. The summed E-state index contributed by atoms with van der Waals surface area (Å²) in [4.78, 5) is 23.9. The van der Waals surface area contributed by atoms with Crippen LogP contribution in [0.5, 0.6) is 0 Å². The van der Waals surface area contributed by atoms with Crippen LogP contribution in [0.3, 0.4) is 0 Å². The highest BCUT2D eigenvalue weighted by atomic mass is 16.8. The second kappa shape index (κ2) is 15.4. The Morgan fingerprint density at radius 1 is 0.690 bits per heavy atom. The molecule has 0 amide bonds. The van der Waals surface area contributed by atoms with E-state index < -0.39 is 24.5 Å². The Balaban J connectivity index is 2.22. The van der Waals surface area contributed by atoms with Crippen molar-refractivity contribution >= 4 is 12.3 Å². The quantitative estimate of drug-likeness (QED) is 0.248. The summed E-state index contributed by atoms with van der Waals surface area (Å²) in [6.07, 6.45) is 8.20. The standard InChI is InChI=1S/C23H42O6/c1-18(2)12-6-5-10-16-26-22(24)28-20-14-7-8-15-21(20)29-23(25)27-17-11-9-13-19(3)4/h18-21H,5-17H2,1-4H3. The molecule has 0 aromatic carbocycles. The van der Waals surface area contributed by atoms with E-state index in [1.54, 1.807) is 0 Å². The lowest BCUT2D eigenvalue weighted by Gasteiger charge is -2.29. The molecule has 170 valence electrons. The third-order valence-corrected chi connectivity index (χ3v) is 5.18. The van der Waals surface area contributed by atoms with Gasteiger partial charge in [0.05, 0.1) is 13.2 Å². The Bertz CT molecular complexity index is 449. The molecule has 0 spiro atoms. The second-order valence-electron chi connectivity index (χ2n) is 8.93. The summed E-state index contributed by atoms with van der Waals surface area (Å²) in [5.74, 6) is 1.36. The van der Waals surface area contributed by atoms with Gasteiger partial charge in [-0.2, -0.15) is 0 Å². The fourth-order valence-corrected chi connectivity index (χ4v) is 3.44. The van der Waals surface area contributed by atoms with E-state index in [2.05, 4.69) is 27.7 Å². The normalized spacial score (nSPS) is 19.2. The molecule has 1 saturated carbocycles. The van der Waals surface area contributed by atoms with Gasteiger partial charge in [0.2, 0.25) is 0 Å². The smallest absolute Gasteiger partial charge is 0.434 e. The van der Waals surface area contributed by atoms with Crippen molar-refractivity contribution in [1.82, 2.24) is 0 Å². The molecule has 0 bridgehead atoms. The minimum atomic E-state index is -0.673. The van der Waals surface area contributed by atoms with Gasteiger partial charge in [0, 0.05) is 0 Å². The van der Waals surface area contributed by atoms with Crippen molar-refractivity contribution in [1.29, 1.82) is 0 Å². The molecule has 29 heavy (non-hydrogen) atoms. The maximum atomic E-state index is 12.0. The Kier molecular flexibility index (Phi) is 13.6. The van der Waals surface area contributed by atoms with Gasteiger partial charge in [-0.1, -0.05) is 53.4 Å². The summed E-state index contributed by atoms with van der Waals surface area (Å²) in [6.45, 7) is 9.50. The van der Waals surface area contributed by atoms with Crippen LogP contribution >= 0.6 is 0 Å². The van der Waals surface area contributed by atoms with Gasteiger partial charge < -0.3 is 18.9 Å². The maximum Gasteiger partial charge on any atom is 0.508 e. The predicted octanol–water partition coefficient (Wildman–Crippen LogP) is 6.65. The van der Waals surface area contributed by atoms with Crippen molar-refractivity contribution < 1.29 is 28.5 Å². The van der Waals surface area contributed by atoms with Crippen LogP contribution < -0.4 is 0 Å². The van der Waals surface area contributed by atoms with Gasteiger partial charge in [0.25, 0.3) is 0 Å². The summed E-state index contributed by atoms with van der Waals surface area (Å²) in [6, 6.07) is 0. The average Bonchev–Trinajstić information content (AvgIpc) is 2.65. The predicted molar refractivity (Wildman–Crippen MR) is 113 cm³/mol. The van der Waals surface area contributed by atoms with Crippen LogP contribution in [-0.4, -0.2) is 37.7 Å². The summed E-state index contributed by atoms with van der Waals surface area (Å²) in [7, 11) is 0. The minimum absolute atomic E-state index is 0.364. The van der Waals surface area contributed by atoms with Gasteiger partial charge in [-0.15, -0.1) is 0 Å². The van der Waals surface area contributed by atoms with Crippen molar-refractivity contribution in [3.63, 3.8) is 0 Å². The summed E-state index contributed by atoms with van der Waals surface area (Å²) >= 11 is 0. The first-order valence-electron chi connectivity index (χ1n) is 11.5. The van der Waals surface area contributed by atoms with Gasteiger partial charge in [-0.25, -0.2) is 9.59 Å². The van der Waals surface area contributed by atoms with E-state index in [1.807, 2.05) is 0 Å².